The van der Waals surface area contributed by atoms with Gasteiger partial charge in [-0.25, -0.2) is 4.98 Å². The zero-order chi connectivity index (χ0) is 17.0. The van der Waals surface area contributed by atoms with Gasteiger partial charge in [0.25, 0.3) is 11.7 Å². The number of carbonyl (C=O) groups is 1. The molecule has 0 N–H and O–H groups in total. The predicted molar refractivity (Wildman–Crippen MR) is 91.8 cm³/mol. The summed E-state index contributed by atoms with van der Waals surface area (Å²) in [6.45, 7) is 0.0823. The van der Waals surface area contributed by atoms with Crippen LogP contribution in [0.15, 0.2) is 24.4 Å². The smallest absolute Gasteiger partial charge is 0.264 e. The monoisotopic (exact) mass is 335 g/mol. The first-order valence-corrected chi connectivity index (χ1v) is 8.48. The summed E-state index contributed by atoms with van der Waals surface area (Å²) in [5.74, 6) is 1.28. The fourth-order valence-electron chi connectivity index (χ4n) is 3.56. The van der Waals surface area contributed by atoms with Gasteiger partial charge in [-0.1, -0.05) is 0 Å². The van der Waals surface area contributed by atoms with Gasteiger partial charge < -0.3 is 9.64 Å². The van der Waals surface area contributed by atoms with Gasteiger partial charge in [-0.3, -0.25) is 9.20 Å². The molecule has 0 radical (unpaired) electrons. The van der Waals surface area contributed by atoms with Gasteiger partial charge in [0, 0.05) is 24.5 Å². The number of aryl methyl sites for hydroxylation is 2. The molecule has 0 saturated heterocycles. The molecule has 0 bridgehead atoms. The van der Waals surface area contributed by atoms with E-state index in [9.17, 15) is 4.79 Å². The lowest BCUT2D eigenvalue weighted by molar-refractivity contribution is -0.120. The number of amides is 1. The highest BCUT2D eigenvalue weighted by Gasteiger charge is 2.23. The minimum atomic E-state index is -0.0559. The minimum absolute atomic E-state index is 0.0559. The van der Waals surface area contributed by atoms with Gasteiger partial charge in [0.15, 0.2) is 6.61 Å². The second kappa shape index (κ2) is 5.27. The molecule has 3 heterocycles. The minimum Gasteiger partial charge on any atom is -0.482 e. The van der Waals surface area contributed by atoms with Crippen molar-refractivity contribution in [2.24, 2.45) is 0 Å². The number of benzene rings is 1. The molecule has 1 aliphatic carbocycles. The van der Waals surface area contributed by atoms with E-state index in [2.05, 4.69) is 19.6 Å². The van der Waals surface area contributed by atoms with E-state index in [4.69, 9.17) is 4.74 Å². The van der Waals surface area contributed by atoms with Gasteiger partial charge in [-0.05, 0) is 43.9 Å². The van der Waals surface area contributed by atoms with Crippen molar-refractivity contribution in [3.8, 4) is 17.0 Å². The molecule has 1 aromatic carbocycles. The zero-order valence-corrected chi connectivity index (χ0v) is 13.9. The Balaban J connectivity index is 1.63. The fraction of sp³-hybridized carbons (Fsp3) is 0.333. The second-order valence-electron chi connectivity index (χ2n) is 6.52. The first-order chi connectivity index (χ1) is 12.2. The number of fused-ring (bicyclic) bond motifs is 4. The van der Waals surface area contributed by atoms with Gasteiger partial charge in [-0.2, -0.15) is 5.10 Å². The van der Waals surface area contributed by atoms with Gasteiger partial charge in [0.1, 0.15) is 5.75 Å². The summed E-state index contributed by atoms with van der Waals surface area (Å²) >= 11 is 0. The second-order valence-corrected chi connectivity index (χ2v) is 6.52. The van der Waals surface area contributed by atoms with Gasteiger partial charge in [0.05, 0.1) is 17.1 Å². The third kappa shape index (κ3) is 2.19. The number of aromatic nitrogens is 4. The van der Waals surface area contributed by atoms with Crippen molar-refractivity contribution in [2.75, 3.05) is 18.6 Å². The fourth-order valence-corrected chi connectivity index (χ4v) is 3.56. The Morgan fingerprint density at radius 1 is 1.16 bits per heavy atom. The van der Waals surface area contributed by atoms with Crippen LogP contribution in [-0.4, -0.2) is 39.1 Å². The molecule has 0 atom stereocenters. The average molecular weight is 335 g/mol. The normalized spacial score (nSPS) is 16.5. The summed E-state index contributed by atoms with van der Waals surface area (Å²) in [6.07, 6.45) is 6.34. The van der Waals surface area contributed by atoms with Crippen LogP contribution in [0.1, 0.15) is 24.2 Å². The number of anilines is 1. The highest BCUT2D eigenvalue weighted by atomic mass is 16.5. The molecular weight excluding hydrogens is 318 g/mol. The molecule has 1 aliphatic heterocycles. The highest BCUT2D eigenvalue weighted by molar-refractivity contribution is 5.98. The molecule has 7 nitrogen and oxygen atoms in total. The van der Waals surface area contributed by atoms with E-state index in [0.29, 0.717) is 11.5 Å². The third-order valence-corrected chi connectivity index (χ3v) is 4.99. The van der Waals surface area contributed by atoms with E-state index in [0.717, 1.165) is 35.5 Å². The van der Waals surface area contributed by atoms with Gasteiger partial charge in [0.2, 0.25) is 0 Å². The van der Waals surface area contributed by atoms with Crippen LogP contribution in [0.3, 0.4) is 0 Å². The Morgan fingerprint density at radius 3 is 2.96 bits per heavy atom. The topological polar surface area (TPSA) is 72.6 Å². The Morgan fingerprint density at radius 2 is 2.04 bits per heavy atom. The van der Waals surface area contributed by atoms with Gasteiger partial charge in [-0.15, -0.1) is 5.10 Å². The number of nitrogens with zero attached hydrogens (tertiary/aromatic N) is 5. The Labute approximate surface area is 144 Å². The molecule has 126 valence electrons. The van der Waals surface area contributed by atoms with Gasteiger partial charge >= 0.3 is 0 Å². The number of likely N-dealkylation sites (N-methyl/N-ethyl adjacent to an activating group) is 1. The number of carbonyl (C=O) groups excluding carboxylic acids is 1. The zero-order valence-electron chi connectivity index (χ0n) is 13.9. The largest absolute Gasteiger partial charge is 0.482 e. The average Bonchev–Trinajstić information content (AvgIpc) is 3.09. The lowest BCUT2D eigenvalue weighted by atomic mass is 10.0. The molecule has 5 rings (SSSR count). The van der Waals surface area contributed by atoms with Crippen molar-refractivity contribution in [1.29, 1.82) is 0 Å². The molecule has 0 unspecified atom stereocenters. The number of rotatable bonds is 1. The van der Waals surface area contributed by atoms with Crippen LogP contribution in [0.2, 0.25) is 0 Å². The van der Waals surface area contributed by atoms with E-state index >= 15 is 0 Å². The molecule has 0 fully saturated rings. The molecular formula is C18H17N5O2. The molecule has 0 spiro atoms. The maximum atomic E-state index is 11.9. The van der Waals surface area contributed by atoms with Crippen molar-refractivity contribution < 1.29 is 9.53 Å². The summed E-state index contributed by atoms with van der Waals surface area (Å²) < 4.78 is 7.55. The lowest BCUT2D eigenvalue weighted by Crippen LogP contribution is -2.35. The summed E-state index contributed by atoms with van der Waals surface area (Å²) in [4.78, 5) is 18.1. The van der Waals surface area contributed by atoms with E-state index in [-0.39, 0.29) is 12.5 Å². The summed E-state index contributed by atoms with van der Waals surface area (Å²) in [6, 6.07) is 5.79. The van der Waals surface area contributed by atoms with Crippen molar-refractivity contribution in [3.63, 3.8) is 0 Å². The van der Waals surface area contributed by atoms with E-state index in [1.165, 1.54) is 18.5 Å². The van der Waals surface area contributed by atoms with Crippen molar-refractivity contribution in [1.82, 2.24) is 19.6 Å². The van der Waals surface area contributed by atoms with Crippen LogP contribution < -0.4 is 9.64 Å². The van der Waals surface area contributed by atoms with Crippen molar-refractivity contribution in [3.05, 3.63) is 35.8 Å². The Bertz CT molecular complexity index is 1010. The van der Waals surface area contributed by atoms with Crippen molar-refractivity contribution in [2.45, 2.75) is 25.7 Å². The summed E-state index contributed by atoms with van der Waals surface area (Å²) in [5, 5.41) is 8.61. The summed E-state index contributed by atoms with van der Waals surface area (Å²) in [7, 11) is 1.76. The number of hydrogen-bond acceptors (Lipinski definition) is 5. The third-order valence-electron chi connectivity index (χ3n) is 4.99. The predicted octanol–water partition coefficient (Wildman–Crippen LogP) is 2.03. The van der Waals surface area contributed by atoms with Crippen LogP contribution >= 0.6 is 0 Å². The molecule has 2 aliphatic rings. The highest BCUT2D eigenvalue weighted by Crippen LogP contribution is 2.35. The summed E-state index contributed by atoms with van der Waals surface area (Å²) in [5.41, 5.74) is 4.80. The quantitative estimate of drug-likeness (QED) is 0.680. The lowest BCUT2D eigenvalue weighted by Gasteiger charge is -2.26. The van der Waals surface area contributed by atoms with Crippen LogP contribution in [0, 0.1) is 0 Å². The van der Waals surface area contributed by atoms with E-state index < -0.39 is 0 Å². The maximum Gasteiger partial charge on any atom is 0.264 e. The Hall–Kier alpha value is -2.96. The number of imidazole rings is 1. The SMILES string of the molecule is CN1C(=O)COc2ccc(-c3cn4c5c(nnc4n3)CCCC5)cc21. The Kier molecular flexibility index (Phi) is 3.03. The van der Waals surface area contributed by atoms with Crippen LogP contribution in [-0.2, 0) is 17.6 Å². The van der Waals surface area contributed by atoms with Crippen LogP contribution in [0.5, 0.6) is 5.75 Å². The molecule has 7 heteroatoms. The maximum absolute atomic E-state index is 11.9. The van der Waals surface area contributed by atoms with Crippen LogP contribution in [0.25, 0.3) is 17.0 Å². The molecule has 1 amide bonds. The van der Waals surface area contributed by atoms with Crippen molar-refractivity contribution >= 4 is 17.4 Å². The molecule has 25 heavy (non-hydrogen) atoms. The van der Waals surface area contributed by atoms with E-state index in [1.54, 1.807) is 11.9 Å². The van der Waals surface area contributed by atoms with E-state index in [1.807, 2.05) is 24.4 Å². The van der Waals surface area contributed by atoms with Crippen LogP contribution in [0.4, 0.5) is 5.69 Å². The first-order valence-electron chi connectivity index (χ1n) is 8.48. The first kappa shape index (κ1) is 14.4. The molecule has 3 aromatic rings. The molecule has 2 aromatic heterocycles. The standard InChI is InChI=1S/C18H17N5O2/c1-22-15-8-11(6-7-16(15)25-10-17(22)24)13-9-23-14-5-3-2-4-12(14)20-21-18(23)19-13/h6-9H,2-5,10H2,1H3. The molecule has 0 saturated carbocycles. The number of ether oxygens (including phenoxy) is 1. The number of hydrogen-bond donors (Lipinski definition) is 0.